The summed E-state index contributed by atoms with van der Waals surface area (Å²) in [6, 6.07) is 25.2. The summed E-state index contributed by atoms with van der Waals surface area (Å²) < 4.78 is 25.8. The van der Waals surface area contributed by atoms with E-state index in [1.807, 2.05) is 48.7 Å². The maximum Gasteiger partial charge on any atom is 0.276 e. The molecule has 1 aromatic heterocycles. The number of hydrogen-bond acceptors (Lipinski definition) is 4. The monoisotopic (exact) mass is 455 g/mol. The molecule has 0 atom stereocenters. The van der Waals surface area contributed by atoms with Gasteiger partial charge >= 0.3 is 0 Å². The maximum absolute atomic E-state index is 12.9. The molecular formula is C22H18ClN3O2S2. The van der Waals surface area contributed by atoms with Crippen LogP contribution in [0.1, 0.15) is 0 Å². The van der Waals surface area contributed by atoms with Crippen LogP contribution in [0.25, 0.3) is 22.5 Å². The summed E-state index contributed by atoms with van der Waals surface area (Å²) in [5, 5.41) is 5.15. The Labute approximate surface area is 184 Å². The summed E-state index contributed by atoms with van der Waals surface area (Å²) in [5.74, 6) is 0. The molecule has 0 aliphatic heterocycles. The lowest BCUT2D eigenvalue weighted by molar-refractivity contribution is 0.592. The number of sulfonamides is 1. The fraction of sp³-hybridized carbons (Fsp3) is 0.0455. The van der Waals surface area contributed by atoms with Gasteiger partial charge in [-0.05, 0) is 48.7 Å². The van der Waals surface area contributed by atoms with Gasteiger partial charge in [0.1, 0.15) is 0 Å². The molecule has 4 aromatic rings. The molecule has 0 saturated carbocycles. The third kappa shape index (κ3) is 4.38. The van der Waals surface area contributed by atoms with Crippen LogP contribution in [0.5, 0.6) is 0 Å². The highest BCUT2D eigenvalue weighted by Gasteiger charge is 2.19. The van der Waals surface area contributed by atoms with Gasteiger partial charge in [0.2, 0.25) is 0 Å². The second kappa shape index (κ2) is 8.55. The van der Waals surface area contributed by atoms with Gasteiger partial charge in [-0.1, -0.05) is 54.1 Å². The molecule has 5 nitrogen and oxygen atoms in total. The van der Waals surface area contributed by atoms with E-state index in [9.17, 15) is 8.42 Å². The van der Waals surface area contributed by atoms with Crippen molar-refractivity contribution in [1.29, 1.82) is 0 Å². The number of aromatic nitrogens is 2. The first-order chi connectivity index (χ1) is 14.5. The Morgan fingerprint density at radius 3 is 2.33 bits per heavy atom. The average Bonchev–Trinajstić information content (AvgIpc) is 3.18. The fourth-order valence-corrected chi connectivity index (χ4v) is 4.54. The van der Waals surface area contributed by atoms with E-state index in [2.05, 4.69) is 9.93 Å². The van der Waals surface area contributed by atoms with E-state index < -0.39 is 10.0 Å². The third-order valence-corrected chi connectivity index (χ3v) is 6.76. The lowest BCUT2D eigenvalue weighted by Gasteiger charge is -2.11. The molecule has 0 spiro atoms. The van der Waals surface area contributed by atoms with Crippen LogP contribution in [0.3, 0.4) is 0 Å². The minimum absolute atomic E-state index is 0.164. The van der Waals surface area contributed by atoms with Crippen LogP contribution in [0, 0.1) is 0 Å². The van der Waals surface area contributed by atoms with Gasteiger partial charge in [0, 0.05) is 21.0 Å². The molecule has 0 saturated heterocycles. The van der Waals surface area contributed by atoms with E-state index in [0.29, 0.717) is 16.4 Å². The van der Waals surface area contributed by atoms with Crippen molar-refractivity contribution >= 4 is 33.4 Å². The summed E-state index contributed by atoms with van der Waals surface area (Å²) in [6.45, 7) is 0. The molecule has 0 fully saturated rings. The molecule has 1 heterocycles. The van der Waals surface area contributed by atoms with E-state index in [4.69, 9.17) is 11.6 Å². The van der Waals surface area contributed by atoms with Crippen molar-refractivity contribution in [2.45, 2.75) is 9.79 Å². The normalized spacial score (nSPS) is 11.4. The second-order valence-electron chi connectivity index (χ2n) is 6.47. The van der Waals surface area contributed by atoms with Crippen molar-refractivity contribution in [2.24, 2.45) is 0 Å². The smallest absolute Gasteiger partial charge is 0.200 e. The molecule has 30 heavy (non-hydrogen) atoms. The number of benzene rings is 3. The third-order valence-electron chi connectivity index (χ3n) is 4.48. The standard InChI is InChI=1S/C22H18ClN3O2S2/c1-29-19-7-5-6-17(14-19)22-15-21(16-10-12-18(23)13-11-16)24-26(22)25-30(27,28)20-8-3-2-4-9-20/h2-15,25H,1H3. The van der Waals surface area contributed by atoms with E-state index in [1.54, 1.807) is 54.2 Å². The Hall–Kier alpha value is -2.74. The van der Waals surface area contributed by atoms with Gasteiger partial charge in [-0.3, -0.25) is 0 Å². The van der Waals surface area contributed by atoms with Gasteiger partial charge in [-0.15, -0.1) is 11.8 Å². The van der Waals surface area contributed by atoms with Crippen LogP contribution < -0.4 is 4.83 Å². The minimum atomic E-state index is -3.81. The first-order valence-corrected chi connectivity index (χ1v) is 12.1. The Morgan fingerprint density at radius 2 is 1.63 bits per heavy atom. The van der Waals surface area contributed by atoms with Gasteiger partial charge in [-0.25, -0.2) is 0 Å². The van der Waals surface area contributed by atoms with Crippen molar-refractivity contribution in [2.75, 3.05) is 11.1 Å². The zero-order valence-corrected chi connectivity index (χ0v) is 18.4. The molecule has 8 heteroatoms. The zero-order chi connectivity index (χ0) is 21.1. The maximum atomic E-state index is 12.9. The lowest BCUT2D eigenvalue weighted by atomic mass is 10.1. The van der Waals surface area contributed by atoms with Crippen LogP contribution in [-0.4, -0.2) is 24.6 Å². The molecule has 0 aliphatic carbocycles. The van der Waals surface area contributed by atoms with Gasteiger partial charge in [0.25, 0.3) is 10.0 Å². The molecule has 152 valence electrons. The molecule has 0 radical (unpaired) electrons. The van der Waals surface area contributed by atoms with Crippen molar-refractivity contribution in [3.8, 4) is 22.5 Å². The highest BCUT2D eigenvalue weighted by atomic mass is 35.5. The van der Waals surface area contributed by atoms with E-state index in [0.717, 1.165) is 16.0 Å². The number of rotatable bonds is 6. The Morgan fingerprint density at radius 1 is 0.900 bits per heavy atom. The molecular weight excluding hydrogens is 438 g/mol. The summed E-state index contributed by atoms with van der Waals surface area (Å²) >= 11 is 7.62. The number of nitrogens with one attached hydrogen (secondary N) is 1. The summed E-state index contributed by atoms with van der Waals surface area (Å²) in [7, 11) is -3.81. The summed E-state index contributed by atoms with van der Waals surface area (Å²) in [5.41, 5.74) is 2.95. The molecule has 0 aliphatic rings. The number of hydrogen-bond donors (Lipinski definition) is 1. The predicted molar refractivity (Wildman–Crippen MR) is 123 cm³/mol. The Balaban J connectivity index is 1.82. The number of nitrogens with zero attached hydrogens (tertiary/aromatic N) is 2. The second-order valence-corrected chi connectivity index (χ2v) is 9.45. The van der Waals surface area contributed by atoms with Gasteiger partial charge in [0.15, 0.2) is 0 Å². The highest BCUT2D eigenvalue weighted by Crippen LogP contribution is 2.29. The summed E-state index contributed by atoms with van der Waals surface area (Å²) in [6.07, 6.45) is 1.99. The van der Waals surface area contributed by atoms with E-state index in [1.165, 1.54) is 4.79 Å². The van der Waals surface area contributed by atoms with Crippen molar-refractivity contribution in [3.05, 3.63) is 90.0 Å². The largest absolute Gasteiger partial charge is 0.276 e. The van der Waals surface area contributed by atoms with Crippen LogP contribution in [-0.2, 0) is 10.0 Å². The van der Waals surface area contributed by atoms with E-state index in [-0.39, 0.29) is 4.90 Å². The SMILES string of the molecule is CSc1cccc(-c2cc(-c3ccc(Cl)cc3)nn2NS(=O)(=O)c2ccccc2)c1. The Kier molecular flexibility index (Phi) is 5.85. The Bertz CT molecular complexity index is 1270. The first kappa shape index (κ1) is 20.5. The van der Waals surface area contributed by atoms with Crippen molar-refractivity contribution in [1.82, 2.24) is 9.89 Å². The van der Waals surface area contributed by atoms with Crippen molar-refractivity contribution < 1.29 is 8.42 Å². The molecule has 0 amide bonds. The van der Waals surface area contributed by atoms with Crippen molar-refractivity contribution in [3.63, 3.8) is 0 Å². The van der Waals surface area contributed by atoms with Gasteiger partial charge in [-0.2, -0.15) is 23.1 Å². The quantitative estimate of drug-likeness (QED) is 0.388. The summed E-state index contributed by atoms with van der Waals surface area (Å²) in [4.78, 5) is 5.13. The van der Waals surface area contributed by atoms with E-state index >= 15 is 0 Å². The molecule has 4 rings (SSSR count). The van der Waals surface area contributed by atoms with Crippen LogP contribution in [0.4, 0.5) is 0 Å². The minimum Gasteiger partial charge on any atom is -0.200 e. The average molecular weight is 456 g/mol. The molecule has 1 N–H and O–H groups in total. The zero-order valence-electron chi connectivity index (χ0n) is 16.0. The van der Waals surface area contributed by atoms with Crippen LogP contribution in [0.15, 0.2) is 94.7 Å². The lowest BCUT2D eigenvalue weighted by Crippen LogP contribution is -2.25. The van der Waals surface area contributed by atoms with Crippen LogP contribution >= 0.6 is 23.4 Å². The van der Waals surface area contributed by atoms with Gasteiger partial charge in [0.05, 0.1) is 16.3 Å². The predicted octanol–water partition coefficient (Wildman–Crippen LogP) is 5.52. The topological polar surface area (TPSA) is 64.0 Å². The first-order valence-electron chi connectivity index (χ1n) is 9.04. The van der Waals surface area contributed by atoms with Gasteiger partial charge < -0.3 is 0 Å². The highest BCUT2D eigenvalue weighted by molar-refractivity contribution is 7.98. The van der Waals surface area contributed by atoms with Crippen LogP contribution in [0.2, 0.25) is 5.02 Å². The molecule has 0 bridgehead atoms. The fourth-order valence-electron chi connectivity index (χ4n) is 2.97. The number of thioether (sulfide) groups is 1. The number of halogens is 1. The molecule has 0 unspecified atom stereocenters. The molecule has 3 aromatic carbocycles.